The number of hydrogen-bond donors (Lipinski definition) is 0. The lowest BCUT2D eigenvalue weighted by molar-refractivity contribution is 0.0663. The van der Waals surface area contributed by atoms with Gasteiger partial charge in [-0.25, -0.2) is 4.99 Å². The number of hydrogen-bond acceptors (Lipinski definition) is 3. The first-order chi connectivity index (χ1) is 9.61. The molecule has 0 amide bonds. The molecule has 1 aliphatic rings. The first-order valence-electron chi connectivity index (χ1n) is 6.90. The lowest BCUT2D eigenvalue weighted by atomic mass is 10.1. The number of nitrogens with zero attached hydrogens (tertiary/aromatic N) is 3. The van der Waals surface area contributed by atoms with Gasteiger partial charge in [0.25, 0.3) is 0 Å². The summed E-state index contributed by atoms with van der Waals surface area (Å²) in [6.45, 7) is 7.31. The molecule has 0 saturated carbocycles. The maximum atomic E-state index is 9.95. The van der Waals surface area contributed by atoms with Gasteiger partial charge in [0, 0.05) is 25.1 Å². The van der Waals surface area contributed by atoms with Crippen LogP contribution < -0.4 is 10.5 Å². The highest BCUT2D eigenvalue weighted by Crippen LogP contribution is 2.29. The van der Waals surface area contributed by atoms with Crippen molar-refractivity contribution in [1.82, 2.24) is 10.6 Å². The molecule has 0 N–H and O–H groups in total. The smallest absolute Gasteiger partial charge is 0.121 e. The zero-order valence-electron chi connectivity index (χ0n) is 12.3. The molecule has 0 spiro atoms. The molecule has 1 fully saturated rings. The van der Waals surface area contributed by atoms with Gasteiger partial charge < -0.3 is 14.4 Å². The van der Waals surface area contributed by atoms with Crippen LogP contribution in [0.4, 0.5) is 11.4 Å². The van der Waals surface area contributed by atoms with E-state index in [1.807, 2.05) is 0 Å². The molecule has 0 unspecified atom stereocenters. The maximum Gasteiger partial charge on any atom is 0.121 e. The van der Waals surface area contributed by atoms with Crippen LogP contribution in [-0.4, -0.2) is 44.1 Å². The SMILES string of the molecule is COc1ccc([N])c(N=C(C(C)C)N2CCOCC2)c1. The van der Waals surface area contributed by atoms with Crippen LogP contribution in [0.1, 0.15) is 13.8 Å². The van der Waals surface area contributed by atoms with Gasteiger partial charge in [-0.05, 0) is 12.1 Å². The van der Waals surface area contributed by atoms with E-state index < -0.39 is 0 Å². The Morgan fingerprint density at radius 2 is 2.05 bits per heavy atom. The monoisotopic (exact) mass is 275 g/mol. The van der Waals surface area contributed by atoms with Crippen molar-refractivity contribution in [3.05, 3.63) is 18.2 Å². The summed E-state index contributed by atoms with van der Waals surface area (Å²) in [6.07, 6.45) is 0. The van der Waals surface area contributed by atoms with Gasteiger partial charge in [-0.1, -0.05) is 13.8 Å². The maximum absolute atomic E-state index is 9.95. The Labute approximate surface area is 120 Å². The normalized spacial score (nSPS) is 16.6. The highest BCUT2D eigenvalue weighted by molar-refractivity contribution is 5.88. The summed E-state index contributed by atoms with van der Waals surface area (Å²) < 4.78 is 10.6. The van der Waals surface area contributed by atoms with Gasteiger partial charge in [-0.2, -0.15) is 0 Å². The minimum Gasteiger partial charge on any atom is -0.497 e. The van der Waals surface area contributed by atoms with Gasteiger partial charge in [0.15, 0.2) is 0 Å². The third kappa shape index (κ3) is 3.42. The van der Waals surface area contributed by atoms with Gasteiger partial charge in [-0.15, -0.1) is 5.73 Å². The van der Waals surface area contributed by atoms with E-state index in [1.165, 1.54) is 0 Å². The zero-order valence-corrected chi connectivity index (χ0v) is 12.3. The van der Waals surface area contributed by atoms with Crippen molar-refractivity contribution in [1.29, 1.82) is 0 Å². The Hall–Kier alpha value is -1.75. The molecule has 1 aromatic rings. The van der Waals surface area contributed by atoms with E-state index in [2.05, 4.69) is 23.7 Å². The van der Waals surface area contributed by atoms with Crippen LogP contribution in [0.15, 0.2) is 23.2 Å². The number of morpholine rings is 1. The lowest BCUT2D eigenvalue weighted by Gasteiger charge is -2.31. The summed E-state index contributed by atoms with van der Waals surface area (Å²) in [5, 5.41) is 0. The second-order valence-electron chi connectivity index (χ2n) is 5.08. The van der Waals surface area contributed by atoms with Crippen molar-refractivity contribution < 1.29 is 9.47 Å². The molecular formula is C15H21N3O2. The predicted molar refractivity (Wildman–Crippen MR) is 79.1 cm³/mol. The van der Waals surface area contributed by atoms with E-state index in [9.17, 15) is 5.73 Å². The summed E-state index contributed by atoms with van der Waals surface area (Å²) in [6, 6.07) is 5.07. The highest BCUT2D eigenvalue weighted by Gasteiger charge is 2.18. The highest BCUT2D eigenvalue weighted by atomic mass is 16.5. The van der Waals surface area contributed by atoms with Crippen LogP contribution in [-0.2, 0) is 4.74 Å². The van der Waals surface area contributed by atoms with Crippen LogP contribution in [0, 0.1) is 5.92 Å². The van der Waals surface area contributed by atoms with Crippen LogP contribution in [0.2, 0.25) is 0 Å². The average molecular weight is 275 g/mol. The molecule has 2 radical (unpaired) electrons. The summed E-state index contributed by atoms with van der Waals surface area (Å²) >= 11 is 0. The Balaban J connectivity index is 2.32. The minimum absolute atomic E-state index is 0.164. The summed E-state index contributed by atoms with van der Waals surface area (Å²) in [4.78, 5) is 6.86. The largest absolute Gasteiger partial charge is 0.497 e. The summed E-state index contributed by atoms with van der Waals surface area (Å²) in [5.41, 5.74) is 10.7. The minimum atomic E-state index is 0.164. The fraction of sp³-hybridized carbons (Fsp3) is 0.533. The second kappa shape index (κ2) is 6.61. The Kier molecular flexibility index (Phi) is 4.84. The average Bonchev–Trinajstić information content (AvgIpc) is 2.47. The van der Waals surface area contributed by atoms with Crippen molar-refractivity contribution in [3.8, 4) is 5.75 Å². The second-order valence-corrected chi connectivity index (χ2v) is 5.08. The van der Waals surface area contributed by atoms with E-state index in [0.29, 0.717) is 11.4 Å². The number of rotatable bonds is 3. The molecule has 20 heavy (non-hydrogen) atoms. The van der Waals surface area contributed by atoms with Crippen molar-refractivity contribution in [2.24, 2.45) is 10.9 Å². The van der Waals surface area contributed by atoms with Crippen LogP contribution >= 0.6 is 0 Å². The number of amidine groups is 1. The van der Waals surface area contributed by atoms with E-state index in [0.717, 1.165) is 32.1 Å². The van der Waals surface area contributed by atoms with E-state index in [1.54, 1.807) is 25.3 Å². The first kappa shape index (κ1) is 14.7. The molecule has 1 aromatic carbocycles. The quantitative estimate of drug-likeness (QED) is 0.629. The standard InChI is InChI=1S/C15H21N3O2/c1-11(2)15(18-6-8-20-9-7-18)17-14-10-12(19-3)4-5-13(14)16/h4-5,10-11H,6-9H2,1-3H3. The number of aliphatic imine (C=N–C) groups is 1. The van der Waals surface area contributed by atoms with E-state index in [-0.39, 0.29) is 11.6 Å². The van der Waals surface area contributed by atoms with Crippen LogP contribution in [0.5, 0.6) is 5.75 Å². The molecule has 0 aliphatic carbocycles. The van der Waals surface area contributed by atoms with Crippen LogP contribution in [0.3, 0.4) is 0 Å². The molecule has 0 aromatic heterocycles. The van der Waals surface area contributed by atoms with Gasteiger partial charge in [-0.3, -0.25) is 0 Å². The fourth-order valence-electron chi connectivity index (χ4n) is 2.20. The first-order valence-corrected chi connectivity index (χ1v) is 6.90. The molecule has 1 aliphatic heterocycles. The Bertz CT molecular complexity index is 480. The van der Waals surface area contributed by atoms with Gasteiger partial charge in [0.1, 0.15) is 17.3 Å². The zero-order chi connectivity index (χ0) is 14.5. The van der Waals surface area contributed by atoms with Crippen molar-refractivity contribution in [3.63, 3.8) is 0 Å². The van der Waals surface area contributed by atoms with E-state index in [4.69, 9.17) is 9.47 Å². The Morgan fingerprint density at radius 3 is 2.65 bits per heavy atom. The topological polar surface area (TPSA) is 56.4 Å². The molecule has 0 bridgehead atoms. The van der Waals surface area contributed by atoms with Crippen LogP contribution in [0.25, 0.3) is 0 Å². The number of benzene rings is 1. The molecule has 5 heteroatoms. The molecule has 108 valence electrons. The third-order valence-electron chi connectivity index (χ3n) is 3.27. The third-order valence-corrected chi connectivity index (χ3v) is 3.27. The fourth-order valence-corrected chi connectivity index (χ4v) is 2.20. The number of ether oxygens (including phenoxy) is 2. The van der Waals surface area contributed by atoms with Crippen molar-refractivity contribution in [2.45, 2.75) is 13.8 Å². The van der Waals surface area contributed by atoms with Gasteiger partial charge in [0.2, 0.25) is 0 Å². The lowest BCUT2D eigenvalue weighted by Crippen LogP contribution is -2.42. The molecule has 5 nitrogen and oxygen atoms in total. The van der Waals surface area contributed by atoms with Crippen molar-refractivity contribution >= 4 is 17.2 Å². The summed E-state index contributed by atoms with van der Waals surface area (Å²) in [5.74, 6) is 1.93. The molecule has 2 rings (SSSR count). The predicted octanol–water partition coefficient (Wildman–Crippen LogP) is 2.41. The number of methoxy groups -OCH3 is 1. The molecular weight excluding hydrogens is 254 g/mol. The molecule has 0 atom stereocenters. The van der Waals surface area contributed by atoms with Crippen molar-refractivity contribution in [2.75, 3.05) is 33.4 Å². The Morgan fingerprint density at radius 1 is 1.35 bits per heavy atom. The summed E-state index contributed by atoms with van der Waals surface area (Å²) in [7, 11) is 1.60. The van der Waals surface area contributed by atoms with E-state index >= 15 is 0 Å². The van der Waals surface area contributed by atoms with Gasteiger partial charge in [0.05, 0.1) is 26.0 Å². The van der Waals surface area contributed by atoms with Gasteiger partial charge >= 0.3 is 0 Å². The molecule has 1 saturated heterocycles. The molecule has 1 heterocycles.